The molecule has 7 nitrogen and oxygen atoms in total. The van der Waals surface area contributed by atoms with Gasteiger partial charge in [-0.25, -0.2) is 0 Å². The minimum Gasteiger partial charge on any atom is -0.479 e. The van der Waals surface area contributed by atoms with Crippen LogP contribution in [0.1, 0.15) is 13.8 Å². The van der Waals surface area contributed by atoms with Gasteiger partial charge in [0.25, 0.3) is 5.91 Å². The molecule has 1 fully saturated rings. The molecule has 0 aliphatic carbocycles. The Morgan fingerprint density at radius 1 is 1.16 bits per heavy atom. The van der Waals surface area contributed by atoms with Crippen molar-refractivity contribution in [1.29, 1.82) is 0 Å². The minimum absolute atomic E-state index is 0.0858. The average molecular weight is 480 g/mol. The van der Waals surface area contributed by atoms with Gasteiger partial charge >= 0.3 is 0 Å². The number of carbonyl (C=O) groups excluding carboxylic acids is 2. The number of halogens is 2. The van der Waals surface area contributed by atoms with Crippen LogP contribution in [0.2, 0.25) is 10.0 Å². The van der Waals surface area contributed by atoms with Crippen molar-refractivity contribution < 1.29 is 19.1 Å². The van der Waals surface area contributed by atoms with Gasteiger partial charge in [-0.15, -0.1) is 0 Å². The number of amides is 2. The van der Waals surface area contributed by atoms with Gasteiger partial charge in [0.1, 0.15) is 10.8 Å². The first-order valence-corrected chi connectivity index (χ1v) is 11.3. The second kappa shape index (κ2) is 11.4. The SMILES string of the molecule is CCN(CC(=O)Nc1ccc(N2CCOCC2)cc1)C(=O)C(C)Oc1cccc(Cl)c1Cl. The van der Waals surface area contributed by atoms with Crippen LogP contribution in [-0.4, -0.2) is 62.2 Å². The Morgan fingerprint density at radius 3 is 2.50 bits per heavy atom. The van der Waals surface area contributed by atoms with E-state index in [9.17, 15) is 9.59 Å². The molecule has 1 unspecified atom stereocenters. The zero-order valence-corrected chi connectivity index (χ0v) is 19.7. The van der Waals surface area contributed by atoms with E-state index in [0.29, 0.717) is 36.2 Å². The number of morpholine rings is 1. The van der Waals surface area contributed by atoms with E-state index in [1.54, 1.807) is 32.0 Å². The van der Waals surface area contributed by atoms with Crippen LogP contribution in [0, 0.1) is 0 Å². The first-order valence-electron chi connectivity index (χ1n) is 10.5. The largest absolute Gasteiger partial charge is 0.479 e. The van der Waals surface area contributed by atoms with Crippen LogP contribution in [0.5, 0.6) is 5.75 Å². The number of nitrogens with zero attached hydrogens (tertiary/aromatic N) is 2. The minimum atomic E-state index is -0.827. The Kier molecular flexibility index (Phi) is 8.61. The van der Waals surface area contributed by atoms with Gasteiger partial charge in [0.2, 0.25) is 5.91 Å². The molecule has 0 bridgehead atoms. The molecule has 0 aromatic heterocycles. The summed E-state index contributed by atoms with van der Waals surface area (Å²) in [4.78, 5) is 29.0. The topological polar surface area (TPSA) is 71.1 Å². The molecule has 1 saturated heterocycles. The lowest BCUT2D eigenvalue weighted by atomic mass is 10.2. The van der Waals surface area contributed by atoms with Crippen molar-refractivity contribution in [3.05, 3.63) is 52.5 Å². The summed E-state index contributed by atoms with van der Waals surface area (Å²) in [7, 11) is 0. The third kappa shape index (κ3) is 6.28. The Hall–Kier alpha value is -2.48. The average Bonchev–Trinajstić information content (AvgIpc) is 2.81. The summed E-state index contributed by atoms with van der Waals surface area (Å²) >= 11 is 12.1. The number of rotatable bonds is 8. The van der Waals surface area contributed by atoms with E-state index < -0.39 is 6.10 Å². The molecule has 2 amide bonds. The standard InChI is InChI=1S/C23H27Cl2N3O4/c1-3-27(23(30)16(2)32-20-6-4-5-19(24)22(20)25)15-21(29)26-17-7-9-18(10-8-17)28-11-13-31-14-12-28/h4-10,16H,3,11-15H2,1-2H3,(H,26,29). The molecular weight excluding hydrogens is 453 g/mol. The van der Waals surface area contributed by atoms with Gasteiger partial charge in [0.05, 0.1) is 24.8 Å². The number of hydrogen-bond acceptors (Lipinski definition) is 5. The van der Waals surface area contributed by atoms with E-state index >= 15 is 0 Å². The van der Waals surface area contributed by atoms with Gasteiger partial charge in [0, 0.05) is 31.0 Å². The van der Waals surface area contributed by atoms with Crippen LogP contribution >= 0.6 is 23.2 Å². The van der Waals surface area contributed by atoms with Crippen LogP contribution in [0.4, 0.5) is 11.4 Å². The number of anilines is 2. The quantitative estimate of drug-likeness (QED) is 0.617. The second-order valence-electron chi connectivity index (χ2n) is 7.36. The van der Waals surface area contributed by atoms with Gasteiger partial charge in [-0.2, -0.15) is 0 Å². The molecule has 172 valence electrons. The zero-order chi connectivity index (χ0) is 23.1. The van der Waals surface area contributed by atoms with Crippen LogP contribution in [0.3, 0.4) is 0 Å². The smallest absolute Gasteiger partial charge is 0.263 e. The molecule has 0 radical (unpaired) electrons. The van der Waals surface area contributed by atoms with Crippen LogP contribution in [0.25, 0.3) is 0 Å². The summed E-state index contributed by atoms with van der Waals surface area (Å²) in [6.45, 7) is 6.82. The zero-order valence-electron chi connectivity index (χ0n) is 18.1. The summed E-state index contributed by atoms with van der Waals surface area (Å²) in [6.07, 6.45) is -0.827. The van der Waals surface area contributed by atoms with Gasteiger partial charge < -0.3 is 24.6 Å². The Morgan fingerprint density at radius 2 is 1.84 bits per heavy atom. The fraction of sp³-hybridized carbons (Fsp3) is 0.391. The van der Waals surface area contributed by atoms with E-state index in [1.165, 1.54) is 4.90 Å². The lowest BCUT2D eigenvalue weighted by molar-refractivity contribution is -0.140. The molecular formula is C23H27Cl2N3O4. The molecule has 1 atom stereocenters. The summed E-state index contributed by atoms with van der Waals surface area (Å²) in [5, 5.41) is 3.43. The highest BCUT2D eigenvalue weighted by molar-refractivity contribution is 6.42. The number of benzene rings is 2. The Labute approximate surface area is 198 Å². The maximum Gasteiger partial charge on any atom is 0.263 e. The maximum atomic E-state index is 12.8. The molecule has 1 aliphatic rings. The van der Waals surface area contributed by atoms with Crippen molar-refractivity contribution in [3.8, 4) is 5.75 Å². The summed E-state index contributed by atoms with van der Waals surface area (Å²) in [5.41, 5.74) is 1.76. The molecule has 9 heteroatoms. The molecule has 2 aromatic rings. The summed E-state index contributed by atoms with van der Waals surface area (Å²) in [5.74, 6) is -0.283. The van der Waals surface area contributed by atoms with Gasteiger partial charge in [-0.1, -0.05) is 29.3 Å². The van der Waals surface area contributed by atoms with E-state index in [4.69, 9.17) is 32.7 Å². The third-order valence-electron chi connectivity index (χ3n) is 5.12. The highest BCUT2D eigenvalue weighted by atomic mass is 35.5. The fourth-order valence-electron chi connectivity index (χ4n) is 3.37. The van der Waals surface area contributed by atoms with E-state index in [2.05, 4.69) is 10.2 Å². The lowest BCUT2D eigenvalue weighted by Gasteiger charge is -2.29. The first kappa shape index (κ1) is 24.2. The number of ether oxygens (including phenoxy) is 2. The van der Waals surface area contributed by atoms with Gasteiger partial charge in [-0.05, 0) is 50.2 Å². The van der Waals surface area contributed by atoms with Crippen molar-refractivity contribution in [1.82, 2.24) is 4.90 Å². The summed E-state index contributed by atoms with van der Waals surface area (Å²) in [6, 6.07) is 12.6. The molecule has 0 spiro atoms. The number of hydrogen-bond donors (Lipinski definition) is 1. The number of likely N-dealkylation sites (N-methyl/N-ethyl adjacent to an activating group) is 1. The van der Waals surface area contributed by atoms with Crippen molar-refractivity contribution in [2.75, 3.05) is 49.6 Å². The van der Waals surface area contributed by atoms with Crippen molar-refractivity contribution in [3.63, 3.8) is 0 Å². The predicted molar refractivity (Wildman–Crippen MR) is 127 cm³/mol. The van der Waals surface area contributed by atoms with Gasteiger partial charge in [-0.3, -0.25) is 9.59 Å². The molecule has 32 heavy (non-hydrogen) atoms. The van der Waals surface area contributed by atoms with Crippen molar-refractivity contribution in [2.24, 2.45) is 0 Å². The monoisotopic (exact) mass is 479 g/mol. The molecule has 1 heterocycles. The van der Waals surface area contributed by atoms with E-state index in [1.807, 2.05) is 24.3 Å². The molecule has 3 rings (SSSR count). The highest BCUT2D eigenvalue weighted by Crippen LogP contribution is 2.32. The Balaban J connectivity index is 1.55. The fourth-order valence-corrected chi connectivity index (χ4v) is 3.71. The number of nitrogens with one attached hydrogen (secondary N) is 1. The van der Waals surface area contributed by atoms with Crippen LogP contribution in [0.15, 0.2) is 42.5 Å². The lowest BCUT2D eigenvalue weighted by Crippen LogP contribution is -2.44. The van der Waals surface area contributed by atoms with E-state index in [-0.39, 0.29) is 23.4 Å². The normalized spacial score (nSPS) is 14.6. The first-order chi connectivity index (χ1) is 15.4. The third-order valence-corrected chi connectivity index (χ3v) is 5.92. The second-order valence-corrected chi connectivity index (χ2v) is 8.14. The highest BCUT2D eigenvalue weighted by Gasteiger charge is 2.24. The van der Waals surface area contributed by atoms with Crippen LogP contribution < -0.4 is 15.0 Å². The van der Waals surface area contributed by atoms with Gasteiger partial charge in [0.15, 0.2) is 6.10 Å². The Bertz CT molecular complexity index is 933. The molecule has 2 aromatic carbocycles. The van der Waals surface area contributed by atoms with E-state index in [0.717, 1.165) is 18.8 Å². The van der Waals surface area contributed by atoms with Crippen molar-refractivity contribution in [2.45, 2.75) is 20.0 Å². The molecule has 1 N–H and O–H groups in total. The number of carbonyl (C=O) groups is 2. The molecule has 1 aliphatic heterocycles. The van der Waals surface area contributed by atoms with Crippen molar-refractivity contribution >= 4 is 46.4 Å². The predicted octanol–water partition coefficient (Wildman–Crippen LogP) is 4.08. The maximum absolute atomic E-state index is 12.8. The molecule has 0 saturated carbocycles. The van der Waals surface area contributed by atoms with Crippen LogP contribution in [-0.2, 0) is 14.3 Å². The summed E-state index contributed by atoms with van der Waals surface area (Å²) < 4.78 is 11.1.